The van der Waals surface area contributed by atoms with E-state index >= 15 is 0 Å². The lowest BCUT2D eigenvalue weighted by atomic mass is 9.98. The number of aromatic amines is 1. The number of hydrogen-bond donors (Lipinski definition) is 1. The van der Waals surface area contributed by atoms with Crippen molar-refractivity contribution in [3.05, 3.63) is 41.2 Å². The Hall–Kier alpha value is -2.36. The molecule has 1 aromatic heterocycles. The molecule has 4 nitrogen and oxygen atoms in total. The van der Waals surface area contributed by atoms with Crippen LogP contribution in [0.2, 0.25) is 0 Å². The number of aromatic nitrogens is 1. The van der Waals surface area contributed by atoms with Gasteiger partial charge in [0.05, 0.1) is 11.8 Å². The SMILES string of the molecule is CC.CC(=O)c1c(C)[nH]c(C=O)c1-c1cccc(OC2CC2)c1. The summed E-state index contributed by atoms with van der Waals surface area (Å²) >= 11 is 0. The largest absolute Gasteiger partial charge is 0.490 e. The molecule has 23 heavy (non-hydrogen) atoms. The summed E-state index contributed by atoms with van der Waals surface area (Å²) in [4.78, 5) is 26.2. The molecule has 122 valence electrons. The van der Waals surface area contributed by atoms with Gasteiger partial charge in [0, 0.05) is 16.8 Å². The van der Waals surface area contributed by atoms with Crippen molar-refractivity contribution in [2.24, 2.45) is 0 Å². The van der Waals surface area contributed by atoms with Gasteiger partial charge >= 0.3 is 0 Å². The third-order valence-electron chi connectivity index (χ3n) is 3.64. The zero-order valence-electron chi connectivity index (χ0n) is 14.1. The van der Waals surface area contributed by atoms with E-state index in [4.69, 9.17) is 4.74 Å². The van der Waals surface area contributed by atoms with Gasteiger partial charge in [-0.25, -0.2) is 0 Å². The maximum Gasteiger partial charge on any atom is 0.166 e. The van der Waals surface area contributed by atoms with E-state index < -0.39 is 0 Å². The van der Waals surface area contributed by atoms with Crippen molar-refractivity contribution in [2.45, 2.75) is 46.6 Å². The molecule has 2 aromatic rings. The van der Waals surface area contributed by atoms with Gasteiger partial charge in [0.15, 0.2) is 12.1 Å². The summed E-state index contributed by atoms with van der Waals surface area (Å²) in [6.45, 7) is 7.32. The molecule has 1 aliphatic carbocycles. The Labute approximate surface area is 136 Å². The quantitative estimate of drug-likeness (QED) is 0.649. The predicted octanol–water partition coefficient (Wildman–Crippen LogP) is 4.57. The molecule has 4 heteroatoms. The maximum atomic E-state index is 11.9. The van der Waals surface area contributed by atoms with Gasteiger partial charge in [-0.15, -0.1) is 0 Å². The van der Waals surface area contributed by atoms with E-state index in [0.717, 1.165) is 30.4 Å². The summed E-state index contributed by atoms with van der Waals surface area (Å²) in [6, 6.07) is 7.56. The monoisotopic (exact) mass is 313 g/mol. The summed E-state index contributed by atoms with van der Waals surface area (Å²) in [6.07, 6.45) is 3.24. The summed E-state index contributed by atoms with van der Waals surface area (Å²) < 4.78 is 5.78. The van der Waals surface area contributed by atoms with E-state index in [0.29, 0.717) is 28.6 Å². The van der Waals surface area contributed by atoms with Crippen LogP contribution in [-0.2, 0) is 0 Å². The second-order valence-corrected chi connectivity index (χ2v) is 5.43. The predicted molar refractivity (Wildman–Crippen MR) is 91.4 cm³/mol. The molecule has 1 fully saturated rings. The van der Waals surface area contributed by atoms with Crippen LogP contribution in [0.4, 0.5) is 0 Å². The van der Waals surface area contributed by atoms with Gasteiger partial charge < -0.3 is 9.72 Å². The molecular weight excluding hydrogens is 290 g/mol. The van der Waals surface area contributed by atoms with E-state index in [1.54, 1.807) is 6.92 Å². The molecule has 0 unspecified atom stereocenters. The molecule has 0 bridgehead atoms. The van der Waals surface area contributed by atoms with Gasteiger partial charge in [-0.1, -0.05) is 26.0 Å². The second-order valence-electron chi connectivity index (χ2n) is 5.43. The first kappa shape index (κ1) is 17.0. The Morgan fingerprint density at radius 3 is 2.57 bits per heavy atom. The average molecular weight is 313 g/mol. The second kappa shape index (κ2) is 7.27. The van der Waals surface area contributed by atoms with Crippen LogP contribution in [0.25, 0.3) is 11.1 Å². The normalized spacial score (nSPS) is 13.0. The molecule has 3 rings (SSSR count). The lowest BCUT2D eigenvalue weighted by molar-refractivity contribution is 0.101. The molecule has 1 N–H and O–H groups in total. The van der Waals surface area contributed by atoms with Crippen LogP contribution in [0.1, 0.15) is 60.2 Å². The van der Waals surface area contributed by atoms with Gasteiger partial charge in [0.2, 0.25) is 0 Å². The van der Waals surface area contributed by atoms with E-state index in [9.17, 15) is 9.59 Å². The first-order chi connectivity index (χ1) is 11.1. The van der Waals surface area contributed by atoms with Gasteiger partial charge in [0.25, 0.3) is 0 Å². The summed E-state index contributed by atoms with van der Waals surface area (Å²) in [5.41, 5.74) is 3.20. The first-order valence-corrected chi connectivity index (χ1v) is 8.06. The highest BCUT2D eigenvalue weighted by atomic mass is 16.5. The highest BCUT2D eigenvalue weighted by molar-refractivity contribution is 6.06. The third-order valence-corrected chi connectivity index (χ3v) is 3.64. The van der Waals surface area contributed by atoms with E-state index in [2.05, 4.69) is 4.98 Å². The van der Waals surface area contributed by atoms with Gasteiger partial charge in [0.1, 0.15) is 5.75 Å². The van der Waals surface area contributed by atoms with Crippen molar-refractivity contribution in [1.82, 2.24) is 4.98 Å². The number of aldehydes is 1. The first-order valence-electron chi connectivity index (χ1n) is 8.06. The number of benzene rings is 1. The number of ketones is 1. The molecular formula is C19H23NO3. The number of Topliss-reactive ketones (excluding diaryl/α,β-unsaturated/α-hetero) is 1. The number of hydrogen-bond acceptors (Lipinski definition) is 3. The highest BCUT2D eigenvalue weighted by Gasteiger charge is 2.24. The smallest absolute Gasteiger partial charge is 0.166 e. The molecule has 1 heterocycles. The number of H-pyrrole nitrogens is 1. The van der Waals surface area contributed by atoms with Crippen molar-refractivity contribution < 1.29 is 14.3 Å². The number of rotatable bonds is 5. The van der Waals surface area contributed by atoms with Crippen LogP contribution < -0.4 is 4.74 Å². The lowest BCUT2D eigenvalue weighted by Gasteiger charge is -2.08. The van der Waals surface area contributed by atoms with Crippen molar-refractivity contribution >= 4 is 12.1 Å². The maximum absolute atomic E-state index is 11.9. The Bertz CT molecular complexity index is 711. The Morgan fingerprint density at radius 1 is 1.30 bits per heavy atom. The standard InChI is InChI=1S/C17H17NO3.C2H6/c1-10-16(11(2)20)17(15(9-19)18-10)12-4-3-5-14(8-12)21-13-6-7-13;1-2/h3-5,8-9,13,18H,6-7H2,1-2H3;1-2H3. The van der Waals surface area contributed by atoms with Crippen molar-refractivity contribution in [2.75, 3.05) is 0 Å². The minimum Gasteiger partial charge on any atom is -0.490 e. The molecule has 0 saturated heterocycles. The summed E-state index contributed by atoms with van der Waals surface area (Å²) in [5, 5.41) is 0. The fraction of sp³-hybridized carbons (Fsp3) is 0.368. The number of carbonyl (C=O) groups excluding carboxylic acids is 2. The van der Waals surface area contributed by atoms with E-state index in [1.165, 1.54) is 6.92 Å². The molecule has 1 aromatic carbocycles. The minimum atomic E-state index is -0.0552. The average Bonchev–Trinajstić information content (AvgIpc) is 3.29. The van der Waals surface area contributed by atoms with Crippen LogP contribution in [0, 0.1) is 6.92 Å². The van der Waals surface area contributed by atoms with Gasteiger partial charge in [-0.05, 0) is 44.4 Å². The number of ether oxygens (including phenoxy) is 1. The fourth-order valence-corrected chi connectivity index (χ4v) is 2.58. The number of carbonyl (C=O) groups is 2. The minimum absolute atomic E-state index is 0.0552. The lowest BCUT2D eigenvalue weighted by Crippen LogP contribution is -1.98. The van der Waals surface area contributed by atoms with Crippen molar-refractivity contribution in [3.8, 4) is 16.9 Å². The fourth-order valence-electron chi connectivity index (χ4n) is 2.58. The van der Waals surface area contributed by atoms with Gasteiger partial charge in [-0.2, -0.15) is 0 Å². The highest BCUT2D eigenvalue weighted by Crippen LogP contribution is 2.34. The Kier molecular flexibility index (Phi) is 5.37. The molecule has 0 spiro atoms. The van der Waals surface area contributed by atoms with Crippen molar-refractivity contribution in [1.29, 1.82) is 0 Å². The summed E-state index contributed by atoms with van der Waals surface area (Å²) in [7, 11) is 0. The van der Waals surface area contributed by atoms with E-state index in [1.807, 2.05) is 38.1 Å². The molecule has 0 aliphatic heterocycles. The van der Waals surface area contributed by atoms with Crippen LogP contribution in [0.3, 0.4) is 0 Å². The number of aryl methyl sites for hydroxylation is 1. The Balaban J connectivity index is 0.000000924. The topological polar surface area (TPSA) is 59.2 Å². The van der Waals surface area contributed by atoms with Crippen molar-refractivity contribution in [3.63, 3.8) is 0 Å². The van der Waals surface area contributed by atoms with E-state index in [-0.39, 0.29) is 5.78 Å². The molecule has 0 radical (unpaired) electrons. The molecule has 1 aliphatic rings. The Morgan fingerprint density at radius 2 is 2.00 bits per heavy atom. The molecule has 1 saturated carbocycles. The van der Waals surface area contributed by atoms with Crippen LogP contribution in [0.15, 0.2) is 24.3 Å². The molecule has 0 atom stereocenters. The summed E-state index contributed by atoms with van der Waals surface area (Å²) in [5.74, 6) is 0.723. The zero-order chi connectivity index (χ0) is 17.0. The van der Waals surface area contributed by atoms with Crippen LogP contribution in [0.5, 0.6) is 5.75 Å². The van der Waals surface area contributed by atoms with Crippen LogP contribution in [-0.4, -0.2) is 23.2 Å². The van der Waals surface area contributed by atoms with Crippen LogP contribution >= 0.6 is 0 Å². The molecule has 0 amide bonds. The van der Waals surface area contributed by atoms with Gasteiger partial charge in [-0.3, -0.25) is 9.59 Å². The zero-order valence-corrected chi connectivity index (χ0v) is 14.1. The third kappa shape index (κ3) is 3.70. The number of nitrogens with one attached hydrogen (secondary N) is 1.